The van der Waals surface area contributed by atoms with Crippen LogP contribution in [0.3, 0.4) is 0 Å². The number of rotatable bonds is 5. The van der Waals surface area contributed by atoms with Crippen molar-refractivity contribution in [2.24, 2.45) is 0 Å². The van der Waals surface area contributed by atoms with Crippen LogP contribution in [0.4, 0.5) is 33.6 Å². The molecular weight excluding hydrogens is 492 g/mol. The van der Waals surface area contributed by atoms with Crippen molar-refractivity contribution >= 4 is 40.8 Å². The van der Waals surface area contributed by atoms with Gasteiger partial charge in [-0.15, -0.1) is 0 Å². The molecule has 1 unspecified atom stereocenters. The fourth-order valence-corrected chi connectivity index (χ4v) is 5.56. The number of nitrogens with zero attached hydrogens (tertiary/aromatic N) is 7. The van der Waals surface area contributed by atoms with Gasteiger partial charge in [0.25, 0.3) is 0 Å². The number of piperazine rings is 1. The Morgan fingerprint density at radius 2 is 1.79 bits per heavy atom. The highest BCUT2D eigenvalue weighted by molar-refractivity contribution is 6.03. The van der Waals surface area contributed by atoms with Crippen LogP contribution in [0.2, 0.25) is 0 Å². The maximum atomic E-state index is 13.5. The van der Waals surface area contributed by atoms with Gasteiger partial charge in [-0.2, -0.15) is 4.98 Å². The van der Waals surface area contributed by atoms with Gasteiger partial charge in [-0.25, -0.2) is 9.78 Å². The summed E-state index contributed by atoms with van der Waals surface area (Å²) in [5, 5.41) is 3.28. The number of amides is 3. The quantitative estimate of drug-likeness (QED) is 0.510. The molecule has 0 aliphatic carbocycles. The molecule has 1 saturated heterocycles. The van der Waals surface area contributed by atoms with E-state index in [-0.39, 0.29) is 18.0 Å². The van der Waals surface area contributed by atoms with E-state index in [4.69, 9.17) is 0 Å². The molecular formula is C29H32N8O2. The topological polar surface area (TPSA) is 88.2 Å². The Hall–Kier alpha value is -4.44. The largest absolute Gasteiger partial charge is 0.369 e. The van der Waals surface area contributed by atoms with Crippen LogP contribution in [-0.2, 0) is 11.3 Å². The minimum Gasteiger partial charge on any atom is -0.369 e. The number of hydrogen-bond donors (Lipinski definition) is 1. The lowest BCUT2D eigenvalue weighted by molar-refractivity contribution is -0.114. The standard InChI is InChI=1S/C29H32N8O2/c1-4-26(38)36-19-25(23-7-5-6-8-24(23)36)37-18-20-17-30-28(32-27(20)34(3)29(37)39)31-21-9-11-22(12-10-21)35-15-13-33(2)14-16-35/h4-12,17,25H,1,13-16,18-19H2,2-3H3,(H,30,31,32). The van der Waals surface area contributed by atoms with E-state index in [0.29, 0.717) is 24.9 Å². The molecule has 6 rings (SSSR count). The zero-order chi connectivity index (χ0) is 27.1. The van der Waals surface area contributed by atoms with Crippen molar-refractivity contribution in [2.75, 3.05) is 66.8 Å². The number of nitrogens with one attached hydrogen (secondary N) is 1. The Bertz CT molecular complexity index is 1420. The molecule has 200 valence electrons. The average Bonchev–Trinajstić information content (AvgIpc) is 3.35. The lowest BCUT2D eigenvalue weighted by Crippen LogP contribution is -2.48. The van der Waals surface area contributed by atoms with E-state index < -0.39 is 0 Å². The minimum atomic E-state index is -0.273. The number of likely N-dealkylation sites (N-methyl/N-ethyl adjacent to an activating group) is 1. The van der Waals surface area contributed by atoms with Gasteiger partial charge in [-0.1, -0.05) is 24.8 Å². The molecule has 2 aromatic carbocycles. The van der Waals surface area contributed by atoms with Crippen molar-refractivity contribution in [3.63, 3.8) is 0 Å². The van der Waals surface area contributed by atoms with Crippen molar-refractivity contribution in [3.05, 3.63) is 78.5 Å². The lowest BCUT2D eigenvalue weighted by atomic mass is 10.1. The van der Waals surface area contributed by atoms with Crippen molar-refractivity contribution < 1.29 is 9.59 Å². The summed E-state index contributed by atoms with van der Waals surface area (Å²) in [6.45, 7) is 8.52. The second-order valence-electron chi connectivity index (χ2n) is 10.2. The van der Waals surface area contributed by atoms with Crippen molar-refractivity contribution in [1.29, 1.82) is 0 Å². The summed E-state index contributed by atoms with van der Waals surface area (Å²) in [5.41, 5.74) is 4.68. The molecule has 1 aromatic heterocycles. The minimum absolute atomic E-state index is 0.170. The molecule has 0 spiro atoms. The Morgan fingerprint density at radius 3 is 2.54 bits per heavy atom. The number of carbonyl (C=O) groups excluding carboxylic acids is 2. The molecule has 1 atom stereocenters. The molecule has 39 heavy (non-hydrogen) atoms. The summed E-state index contributed by atoms with van der Waals surface area (Å²) < 4.78 is 0. The van der Waals surface area contributed by atoms with Gasteiger partial charge in [0.1, 0.15) is 5.82 Å². The van der Waals surface area contributed by atoms with E-state index in [1.807, 2.05) is 36.4 Å². The molecule has 4 heterocycles. The van der Waals surface area contributed by atoms with Gasteiger partial charge in [0, 0.05) is 67.6 Å². The second kappa shape index (κ2) is 10.0. The van der Waals surface area contributed by atoms with E-state index in [0.717, 1.165) is 48.7 Å². The Balaban J connectivity index is 1.19. The van der Waals surface area contributed by atoms with Crippen LogP contribution in [-0.4, -0.2) is 78.5 Å². The predicted molar refractivity (Wildman–Crippen MR) is 153 cm³/mol. The predicted octanol–water partition coefficient (Wildman–Crippen LogP) is 3.62. The fraction of sp³-hybridized carbons (Fsp3) is 0.310. The van der Waals surface area contributed by atoms with Crippen LogP contribution in [0.1, 0.15) is 17.2 Å². The van der Waals surface area contributed by atoms with Crippen LogP contribution in [0, 0.1) is 0 Å². The molecule has 3 amide bonds. The molecule has 3 aliphatic heterocycles. The van der Waals surface area contributed by atoms with Gasteiger partial charge in [0.2, 0.25) is 11.9 Å². The monoisotopic (exact) mass is 524 g/mol. The SMILES string of the molecule is C=CC(=O)N1CC(N2Cc3cnc(Nc4ccc(N5CCN(C)CC5)cc4)nc3N(C)C2=O)c2ccccc21. The number of carbonyl (C=O) groups is 2. The Morgan fingerprint density at radius 1 is 1.05 bits per heavy atom. The Labute approximate surface area is 228 Å². The number of fused-ring (bicyclic) bond motifs is 2. The van der Waals surface area contributed by atoms with E-state index in [1.54, 1.807) is 27.9 Å². The average molecular weight is 525 g/mol. The van der Waals surface area contributed by atoms with E-state index >= 15 is 0 Å². The summed E-state index contributed by atoms with van der Waals surface area (Å²) in [6, 6.07) is 15.5. The van der Waals surface area contributed by atoms with Gasteiger partial charge in [-0.05, 0) is 43.5 Å². The number of urea groups is 1. The summed E-state index contributed by atoms with van der Waals surface area (Å²) in [4.78, 5) is 45.0. The van der Waals surface area contributed by atoms with Crippen LogP contribution < -0.4 is 20.0 Å². The highest BCUT2D eigenvalue weighted by Crippen LogP contribution is 2.41. The zero-order valence-electron chi connectivity index (χ0n) is 22.2. The molecule has 10 heteroatoms. The first-order valence-corrected chi connectivity index (χ1v) is 13.2. The van der Waals surface area contributed by atoms with Gasteiger partial charge >= 0.3 is 6.03 Å². The fourth-order valence-electron chi connectivity index (χ4n) is 5.56. The maximum Gasteiger partial charge on any atom is 0.326 e. The van der Waals surface area contributed by atoms with E-state index in [2.05, 4.69) is 50.8 Å². The summed E-state index contributed by atoms with van der Waals surface area (Å²) in [6.07, 6.45) is 3.08. The van der Waals surface area contributed by atoms with Crippen LogP contribution in [0.25, 0.3) is 0 Å². The summed E-state index contributed by atoms with van der Waals surface area (Å²) in [7, 11) is 3.88. The molecule has 0 bridgehead atoms. The first-order valence-electron chi connectivity index (χ1n) is 13.2. The van der Waals surface area contributed by atoms with Crippen molar-refractivity contribution in [1.82, 2.24) is 19.8 Å². The number of anilines is 5. The number of hydrogen-bond acceptors (Lipinski definition) is 7. The van der Waals surface area contributed by atoms with Crippen molar-refractivity contribution in [2.45, 2.75) is 12.6 Å². The molecule has 1 N–H and O–H groups in total. The van der Waals surface area contributed by atoms with Crippen LogP contribution >= 0.6 is 0 Å². The maximum absolute atomic E-state index is 13.5. The van der Waals surface area contributed by atoms with Crippen molar-refractivity contribution in [3.8, 4) is 0 Å². The number of aromatic nitrogens is 2. The van der Waals surface area contributed by atoms with Crippen LogP contribution in [0.15, 0.2) is 67.4 Å². The first-order chi connectivity index (χ1) is 18.9. The third-order valence-corrected chi connectivity index (χ3v) is 7.78. The summed E-state index contributed by atoms with van der Waals surface area (Å²) >= 11 is 0. The normalized spacial score (nSPS) is 19.1. The van der Waals surface area contributed by atoms with Crippen LogP contribution in [0.5, 0.6) is 0 Å². The molecule has 0 radical (unpaired) electrons. The highest BCUT2D eigenvalue weighted by atomic mass is 16.2. The molecule has 10 nitrogen and oxygen atoms in total. The molecule has 3 aromatic rings. The highest BCUT2D eigenvalue weighted by Gasteiger charge is 2.41. The molecule has 3 aliphatic rings. The zero-order valence-corrected chi connectivity index (χ0v) is 22.2. The second-order valence-corrected chi connectivity index (χ2v) is 10.2. The summed E-state index contributed by atoms with van der Waals surface area (Å²) in [5.74, 6) is 0.829. The third-order valence-electron chi connectivity index (χ3n) is 7.78. The third kappa shape index (κ3) is 4.57. The number of benzene rings is 2. The van der Waals surface area contributed by atoms with Gasteiger partial charge in [-0.3, -0.25) is 9.69 Å². The van der Waals surface area contributed by atoms with Gasteiger partial charge < -0.3 is 24.9 Å². The molecule has 0 saturated carbocycles. The smallest absolute Gasteiger partial charge is 0.326 e. The Kier molecular flexibility index (Phi) is 6.40. The first kappa shape index (κ1) is 24.9. The van der Waals surface area contributed by atoms with E-state index in [9.17, 15) is 9.59 Å². The van der Waals surface area contributed by atoms with E-state index in [1.165, 1.54) is 11.8 Å². The lowest BCUT2D eigenvalue weighted by Gasteiger charge is -2.37. The van der Waals surface area contributed by atoms with Gasteiger partial charge in [0.15, 0.2) is 0 Å². The molecule has 1 fully saturated rings. The van der Waals surface area contributed by atoms with Gasteiger partial charge in [0.05, 0.1) is 19.1 Å². The number of para-hydroxylation sites is 1.